The monoisotopic (exact) mass is 281 g/mol. The predicted molar refractivity (Wildman–Crippen MR) is 73.7 cm³/mol. The number of aryl methyl sites for hydroxylation is 1. The minimum Gasteiger partial charge on any atom is -0.390 e. The second kappa shape index (κ2) is 6.21. The maximum atomic E-state index is 9.14. The zero-order chi connectivity index (χ0) is 13.8. The molecule has 19 heavy (non-hydrogen) atoms. The Bertz CT molecular complexity index is 548. The fourth-order valence-electron chi connectivity index (χ4n) is 1.88. The van der Waals surface area contributed by atoms with Crippen molar-refractivity contribution in [3.05, 3.63) is 23.5 Å². The molecule has 0 saturated heterocycles. The van der Waals surface area contributed by atoms with E-state index in [4.69, 9.17) is 5.11 Å². The molecule has 0 unspecified atom stereocenters. The summed E-state index contributed by atoms with van der Waals surface area (Å²) in [6.45, 7) is 5.07. The van der Waals surface area contributed by atoms with Crippen LogP contribution in [0.25, 0.3) is 0 Å². The highest BCUT2D eigenvalue weighted by molar-refractivity contribution is 7.98. The van der Waals surface area contributed by atoms with Crippen LogP contribution >= 0.6 is 11.8 Å². The first-order valence-electron chi connectivity index (χ1n) is 6.30. The zero-order valence-electron chi connectivity index (χ0n) is 11.5. The molecule has 0 amide bonds. The summed E-state index contributed by atoms with van der Waals surface area (Å²) >= 11 is 1.61. The van der Waals surface area contributed by atoms with Crippen LogP contribution in [0.4, 0.5) is 0 Å². The summed E-state index contributed by atoms with van der Waals surface area (Å²) in [7, 11) is 1.91. The van der Waals surface area contributed by atoms with Gasteiger partial charge in [-0.05, 0) is 13.3 Å². The van der Waals surface area contributed by atoms with E-state index >= 15 is 0 Å². The highest BCUT2D eigenvalue weighted by Crippen LogP contribution is 2.21. The van der Waals surface area contributed by atoms with Gasteiger partial charge in [0.25, 0.3) is 0 Å². The van der Waals surface area contributed by atoms with E-state index < -0.39 is 0 Å². The Kier molecular flexibility index (Phi) is 4.60. The maximum Gasteiger partial charge on any atom is 0.168 e. The number of aromatic nitrogens is 5. The molecule has 2 rings (SSSR count). The molecular formula is C12H19N5OS. The number of aliphatic hydroxyl groups excluding tert-OH is 1. The molecule has 0 fully saturated rings. The Hall–Kier alpha value is -1.34. The summed E-state index contributed by atoms with van der Waals surface area (Å²) < 4.78 is 4.04. The van der Waals surface area contributed by atoms with E-state index in [-0.39, 0.29) is 6.61 Å². The molecule has 0 radical (unpaired) electrons. The van der Waals surface area contributed by atoms with Gasteiger partial charge in [-0.1, -0.05) is 18.7 Å². The van der Waals surface area contributed by atoms with Gasteiger partial charge in [-0.25, -0.2) is 4.98 Å². The first-order chi connectivity index (χ1) is 9.17. The lowest BCUT2D eigenvalue weighted by atomic mass is 10.4. The molecule has 0 aliphatic carbocycles. The van der Waals surface area contributed by atoms with Crippen LogP contribution < -0.4 is 0 Å². The second-order valence-corrected chi connectivity index (χ2v) is 5.30. The Morgan fingerprint density at radius 3 is 2.79 bits per heavy atom. The number of nitrogens with zero attached hydrogens (tertiary/aromatic N) is 5. The van der Waals surface area contributed by atoms with Gasteiger partial charge in [0, 0.05) is 13.6 Å². The van der Waals surface area contributed by atoms with Gasteiger partial charge in [0.15, 0.2) is 5.16 Å². The van der Waals surface area contributed by atoms with Gasteiger partial charge in [-0.2, -0.15) is 0 Å². The quantitative estimate of drug-likeness (QED) is 0.813. The third-order valence-electron chi connectivity index (χ3n) is 2.99. The molecule has 104 valence electrons. The molecule has 0 bridgehead atoms. The highest BCUT2D eigenvalue weighted by atomic mass is 32.2. The van der Waals surface area contributed by atoms with E-state index in [1.54, 1.807) is 18.0 Å². The molecule has 0 saturated carbocycles. The molecule has 0 aliphatic rings. The van der Waals surface area contributed by atoms with Crippen LogP contribution in [-0.2, 0) is 26.0 Å². The first kappa shape index (κ1) is 14.1. The fraction of sp³-hybridized carbons (Fsp3) is 0.583. The van der Waals surface area contributed by atoms with Crippen molar-refractivity contribution in [2.45, 2.75) is 44.3 Å². The summed E-state index contributed by atoms with van der Waals surface area (Å²) in [5.74, 6) is 2.66. The Balaban J connectivity index is 2.08. The Morgan fingerprint density at radius 2 is 2.16 bits per heavy atom. The number of imidazole rings is 1. The van der Waals surface area contributed by atoms with Crippen molar-refractivity contribution in [3.8, 4) is 0 Å². The Labute approximate surface area is 116 Å². The van der Waals surface area contributed by atoms with Gasteiger partial charge in [0.2, 0.25) is 0 Å². The number of rotatable bonds is 6. The van der Waals surface area contributed by atoms with Crippen molar-refractivity contribution in [3.63, 3.8) is 0 Å². The number of hydrogen-bond donors (Lipinski definition) is 1. The molecule has 6 nitrogen and oxygen atoms in total. The lowest BCUT2D eigenvalue weighted by molar-refractivity contribution is 0.271. The molecule has 0 aliphatic heterocycles. The molecule has 7 heteroatoms. The van der Waals surface area contributed by atoms with Crippen molar-refractivity contribution >= 4 is 11.8 Å². The van der Waals surface area contributed by atoms with Gasteiger partial charge < -0.3 is 14.2 Å². The molecule has 0 aromatic carbocycles. The molecule has 0 spiro atoms. The van der Waals surface area contributed by atoms with Crippen molar-refractivity contribution in [1.29, 1.82) is 0 Å². The number of thioether (sulfide) groups is 1. The third kappa shape index (κ3) is 2.98. The van der Waals surface area contributed by atoms with Gasteiger partial charge in [-0.15, -0.1) is 10.2 Å². The van der Waals surface area contributed by atoms with Crippen LogP contribution in [0.3, 0.4) is 0 Å². The number of hydrogen-bond acceptors (Lipinski definition) is 5. The summed E-state index contributed by atoms with van der Waals surface area (Å²) in [5, 5.41) is 18.4. The zero-order valence-corrected chi connectivity index (χ0v) is 12.3. The predicted octanol–water partition coefficient (Wildman–Crippen LogP) is 1.51. The minimum absolute atomic E-state index is 0.00911. The van der Waals surface area contributed by atoms with Crippen LogP contribution in [0.1, 0.15) is 30.7 Å². The fourth-order valence-corrected chi connectivity index (χ4v) is 2.79. The third-order valence-corrected chi connectivity index (χ3v) is 4.03. The SMILES string of the molecule is CCCn1c(C)nnc1CSc1ncc(CO)n1C. The molecular weight excluding hydrogens is 262 g/mol. The van der Waals surface area contributed by atoms with Gasteiger partial charge in [0.05, 0.1) is 24.3 Å². The first-order valence-corrected chi connectivity index (χ1v) is 7.28. The summed E-state index contributed by atoms with van der Waals surface area (Å²) in [6, 6.07) is 0. The van der Waals surface area contributed by atoms with Crippen molar-refractivity contribution in [1.82, 2.24) is 24.3 Å². The van der Waals surface area contributed by atoms with E-state index in [0.717, 1.165) is 41.2 Å². The smallest absolute Gasteiger partial charge is 0.168 e. The largest absolute Gasteiger partial charge is 0.390 e. The van der Waals surface area contributed by atoms with E-state index in [1.807, 2.05) is 18.5 Å². The van der Waals surface area contributed by atoms with Crippen molar-refractivity contribution in [2.75, 3.05) is 0 Å². The molecule has 0 atom stereocenters. The standard InChI is InChI=1S/C12H19N5OS/c1-4-5-17-9(2)14-15-11(17)8-19-12-13-6-10(7-18)16(12)3/h6,18H,4-5,7-8H2,1-3H3. The number of aliphatic hydroxyl groups is 1. The summed E-state index contributed by atoms with van der Waals surface area (Å²) in [6.07, 6.45) is 2.76. The van der Waals surface area contributed by atoms with Crippen LogP contribution in [0.15, 0.2) is 11.4 Å². The molecule has 2 aromatic rings. The summed E-state index contributed by atoms with van der Waals surface area (Å²) in [4.78, 5) is 4.29. The normalized spacial score (nSPS) is 11.2. The average Bonchev–Trinajstić information content (AvgIpc) is 2.93. The second-order valence-electron chi connectivity index (χ2n) is 4.35. The van der Waals surface area contributed by atoms with E-state index in [2.05, 4.69) is 26.7 Å². The van der Waals surface area contributed by atoms with Gasteiger partial charge >= 0.3 is 0 Å². The van der Waals surface area contributed by atoms with Crippen LogP contribution in [0.5, 0.6) is 0 Å². The van der Waals surface area contributed by atoms with Crippen LogP contribution in [-0.4, -0.2) is 29.4 Å². The van der Waals surface area contributed by atoms with Crippen LogP contribution in [0.2, 0.25) is 0 Å². The van der Waals surface area contributed by atoms with E-state index in [0.29, 0.717) is 0 Å². The van der Waals surface area contributed by atoms with Gasteiger partial charge in [0.1, 0.15) is 11.6 Å². The van der Waals surface area contributed by atoms with E-state index in [1.165, 1.54) is 0 Å². The maximum absolute atomic E-state index is 9.14. The van der Waals surface area contributed by atoms with Crippen LogP contribution in [0, 0.1) is 6.92 Å². The Morgan fingerprint density at radius 1 is 1.37 bits per heavy atom. The molecule has 1 N–H and O–H groups in total. The molecule has 2 heterocycles. The van der Waals surface area contributed by atoms with Crippen molar-refractivity contribution < 1.29 is 5.11 Å². The lowest BCUT2D eigenvalue weighted by Crippen LogP contribution is -2.05. The summed E-state index contributed by atoms with van der Waals surface area (Å²) in [5.41, 5.74) is 0.814. The van der Waals surface area contributed by atoms with Crippen molar-refractivity contribution in [2.24, 2.45) is 7.05 Å². The van der Waals surface area contributed by atoms with Gasteiger partial charge in [-0.3, -0.25) is 0 Å². The highest BCUT2D eigenvalue weighted by Gasteiger charge is 2.11. The lowest BCUT2D eigenvalue weighted by Gasteiger charge is -2.07. The molecule has 2 aromatic heterocycles. The minimum atomic E-state index is 0.00911. The van der Waals surface area contributed by atoms with E-state index in [9.17, 15) is 0 Å². The average molecular weight is 281 g/mol. The topological polar surface area (TPSA) is 68.8 Å².